The van der Waals surface area contributed by atoms with Crippen LogP contribution in [-0.4, -0.2) is 13.4 Å². The van der Waals surface area contributed by atoms with E-state index in [-0.39, 0.29) is 12.3 Å². The van der Waals surface area contributed by atoms with Gasteiger partial charge in [-0.15, -0.1) is 0 Å². The van der Waals surface area contributed by atoms with E-state index in [0.717, 1.165) is 11.1 Å². The van der Waals surface area contributed by atoms with Crippen LogP contribution in [-0.2, 0) is 22.3 Å². The summed E-state index contributed by atoms with van der Waals surface area (Å²) in [5.74, 6) is 0.562. The van der Waals surface area contributed by atoms with Crippen molar-refractivity contribution in [2.75, 3.05) is 0 Å². The van der Waals surface area contributed by atoms with Gasteiger partial charge in [0.05, 0.1) is 12.0 Å². The molecular formula is C17H16N2O3S. The van der Waals surface area contributed by atoms with Crippen LogP contribution in [0.1, 0.15) is 11.1 Å². The highest BCUT2D eigenvalue weighted by atomic mass is 32.2. The Morgan fingerprint density at radius 2 is 1.83 bits per heavy atom. The van der Waals surface area contributed by atoms with Gasteiger partial charge in [-0.25, -0.2) is 13.1 Å². The van der Waals surface area contributed by atoms with E-state index in [0.29, 0.717) is 11.5 Å². The van der Waals surface area contributed by atoms with Crippen LogP contribution in [0.25, 0.3) is 11.5 Å². The molecular weight excluding hydrogens is 312 g/mol. The lowest BCUT2D eigenvalue weighted by atomic mass is 10.1. The van der Waals surface area contributed by atoms with E-state index in [1.807, 2.05) is 24.3 Å². The minimum atomic E-state index is -3.43. The molecule has 0 spiro atoms. The van der Waals surface area contributed by atoms with Gasteiger partial charge in [-0.1, -0.05) is 36.4 Å². The summed E-state index contributed by atoms with van der Waals surface area (Å²) in [5, 5.41) is 0. The normalized spacial score (nSPS) is 11.5. The van der Waals surface area contributed by atoms with Crippen molar-refractivity contribution < 1.29 is 12.8 Å². The zero-order valence-electron chi connectivity index (χ0n) is 12.3. The molecule has 0 atom stereocenters. The highest BCUT2D eigenvalue weighted by Gasteiger charge is 2.14. The molecule has 23 heavy (non-hydrogen) atoms. The number of sulfonamides is 1. The molecule has 0 unspecified atom stereocenters. The maximum absolute atomic E-state index is 12.2. The third-order valence-corrected chi connectivity index (χ3v) is 4.63. The predicted octanol–water partition coefficient (Wildman–Crippen LogP) is 2.96. The van der Waals surface area contributed by atoms with Crippen molar-refractivity contribution in [1.29, 1.82) is 0 Å². The number of hydrogen-bond acceptors (Lipinski definition) is 4. The zero-order chi connectivity index (χ0) is 16.1. The number of nitrogens with one attached hydrogen (secondary N) is 1. The smallest absolute Gasteiger partial charge is 0.216 e. The molecule has 1 aromatic carbocycles. The lowest BCUT2D eigenvalue weighted by molar-refractivity contribution is 0.574. The van der Waals surface area contributed by atoms with Crippen molar-refractivity contribution in [1.82, 2.24) is 9.71 Å². The summed E-state index contributed by atoms with van der Waals surface area (Å²) >= 11 is 0. The van der Waals surface area contributed by atoms with E-state index in [1.165, 1.54) is 0 Å². The van der Waals surface area contributed by atoms with Gasteiger partial charge in [0.15, 0.2) is 5.76 Å². The summed E-state index contributed by atoms with van der Waals surface area (Å²) in [6, 6.07) is 16.2. The van der Waals surface area contributed by atoms with E-state index >= 15 is 0 Å². The van der Waals surface area contributed by atoms with Crippen LogP contribution in [0.5, 0.6) is 0 Å². The van der Waals surface area contributed by atoms with Gasteiger partial charge in [0, 0.05) is 12.7 Å². The van der Waals surface area contributed by atoms with Gasteiger partial charge in [-0.3, -0.25) is 4.98 Å². The van der Waals surface area contributed by atoms with Gasteiger partial charge >= 0.3 is 0 Å². The Kier molecular flexibility index (Phi) is 4.55. The van der Waals surface area contributed by atoms with Crippen LogP contribution < -0.4 is 4.72 Å². The minimum Gasteiger partial charge on any atom is -0.463 e. The number of rotatable bonds is 6. The average molecular weight is 328 g/mol. The molecule has 2 heterocycles. The lowest BCUT2D eigenvalue weighted by Gasteiger charge is -2.09. The first-order chi connectivity index (χ1) is 11.1. The molecule has 0 amide bonds. The SMILES string of the molecule is O=S(=O)(Cc1ccccc1)NCc1cccnc1-c1ccco1. The Hall–Kier alpha value is -2.44. The van der Waals surface area contributed by atoms with E-state index in [4.69, 9.17) is 4.42 Å². The highest BCUT2D eigenvalue weighted by molar-refractivity contribution is 7.88. The average Bonchev–Trinajstić information content (AvgIpc) is 3.08. The maximum Gasteiger partial charge on any atom is 0.216 e. The molecule has 3 aromatic rings. The van der Waals surface area contributed by atoms with Gasteiger partial charge < -0.3 is 4.42 Å². The van der Waals surface area contributed by atoms with E-state index in [9.17, 15) is 8.42 Å². The monoisotopic (exact) mass is 328 g/mol. The van der Waals surface area contributed by atoms with Crippen molar-refractivity contribution in [3.63, 3.8) is 0 Å². The van der Waals surface area contributed by atoms with Crippen LogP contribution in [0.2, 0.25) is 0 Å². The van der Waals surface area contributed by atoms with Crippen LogP contribution >= 0.6 is 0 Å². The van der Waals surface area contributed by atoms with E-state index in [2.05, 4.69) is 9.71 Å². The summed E-state index contributed by atoms with van der Waals surface area (Å²) < 4.78 is 32.4. The van der Waals surface area contributed by atoms with Gasteiger partial charge in [-0.2, -0.15) is 0 Å². The standard InChI is InChI=1S/C17H16N2O3S/c20-23(21,13-14-6-2-1-3-7-14)19-12-15-8-4-10-18-17(15)16-9-5-11-22-16/h1-11,19H,12-13H2. The molecule has 2 aromatic heterocycles. The number of furan rings is 1. The summed E-state index contributed by atoms with van der Waals surface area (Å²) in [7, 11) is -3.43. The number of nitrogens with zero attached hydrogens (tertiary/aromatic N) is 1. The Balaban J connectivity index is 1.74. The summed E-state index contributed by atoms with van der Waals surface area (Å²) in [5.41, 5.74) is 2.15. The summed E-state index contributed by atoms with van der Waals surface area (Å²) in [6.45, 7) is 0.166. The van der Waals surface area contributed by atoms with Crippen LogP contribution in [0.4, 0.5) is 0 Å². The molecule has 5 nitrogen and oxygen atoms in total. The van der Waals surface area contributed by atoms with Crippen LogP contribution in [0.3, 0.4) is 0 Å². The quantitative estimate of drug-likeness (QED) is 0.755. The molecule has 0 aliphatic heterocycles. The molecule has 0 fully saturated rings. The highest BCUT2D eigenvalue weighted by Crippen LogP contribution is 2.21. The zero-order valence-corrected chi connectivity index (χ0v) is 13.2. The van der Waals surface area contributed by atoms with Gasteiger partial charge in [-0.05, 0) is 29.3 Å². The van der Waals surface area contributed by atoms with Crippen molar-refractivity contribution in [3.8, 4) is 11.5 Å². The third kappa shape index (κ3) is 4.06. The number of hydrogen-bond donors (Lipinski definition) is 1. The Morgan fingerprint density at radius 3 is 2.57 bits per heavy atom. The predicted molar refractivity (Wildman–Crippen MR) is 87.8 cm³/mol. The fraction of sp³-hybridized carbons (Fsp3) is 0.118. The second-order valence-corrected chi connectivity index (χ2v) is 6.86. The first kappa shape index (κ1) is 15.5. The minimum absolute atomic E-state index is 0.0514. The molecule has 0 bridgehead atoms. The molecule has 0 saturated heterocycles. The van der Waals surface area contributed by atoms with E-state index < -0.39 is 10.0 Å². The van der Waals surface area contributed by atoms with Crippen LogP contribution in [0, 0.1) is 0 Å². The van der Waals surface area contributed by atoms with Crippen molar-refractivity contribution in [2.45, 2.75) is 12.3 Å². The van der Waals surface area contributed by atoms with Crippen LogP contribution in [0.15, 0.2) is 71.5 Å². The van der Waals surface area contributed by atoms with E-state index in [1.54, 1.807) is 42.8 Å². The Labute approximate surface area is 135 Å². The Morgan fingerprint density at radius 1 is 1.00 bits per heavy atom. The fourth-order valence-electron chi connectivity index (χ4n) is 2.25. The van der Waals surface area contributed by atoms with Crippen molar-refractivity contribution in [3.05, 3.63) is 78.2 Å². The maximum atomic E-state index is 12.2. The molecule has 6 heteroatoms. The topological polar surface area (TPSA) is 72.2 Å². The molecule has 0 aliphatic carbocycles. The molecule has 0 aliphatic rings. The largest absolute Gasteiger partial charge is 0.463 e. The number of pyridine rings is 1. The first-order valence-electron chi connectivity index (χ1n) is 7.13. The molecule has 118 valence electrons. The summed E-state index contributed by atoms with van der Waals surface area (Å²) in [6.07, 6.45) is 3.22. The van der Waals surface area contributed by atoms with Crippen molar-refractivity contribution in [2.24, 2.45) is 0 Å². The molecule has 0 saturated carbocycles. The third-order valence-electron chi connectivity index (χ3n) is 3.33. The number of benzene rings is 1. The Bertz CT molecular complexity index is 860. The second-order valence-electron chi connectivity index (χ2n) is 5.05. The van der Waals surface area contributed by atoms with Gasteiger partial charge in [0.2, 0.25) is 10.0 Å². The van der Waals surface area contributed by atoms with Crippen molar-refractivity contribution >= 4 is 10.0 Å². The van der Waals surface area contributed by atoms with Gasteiger partial charge in [0.1, 0.15) is 5.69 Å². The number of aromatic nitrogens is 1. The lowest BCUT2D eigenvalue weighted by Crippen LogP contribution is -2.25. The molecule has 3 rings (SSSR count). The first-order valence-corrected chi connectivity index (χ1v) is 8.78. The fourth-order valence-corrected chi connectivity index (χ4v) is 3.36. The molecule has 1 N–H and O–H groups in total. The second kappa shape index (κ2) is 6.76. The summed E-state index contributed by atoms with van der Waals surface area (Å²) in [4.78, 5) is 4.28. The molecule has 0 radical (unpaired) electrons. The van der Waals surface area contributed by atoms with Gasteiger partial charge in [0.25, 0.3) is 0 Å².